The number of ether oxygens (including phenoxy) is 2. The van der Waals surface area contributed by atoms with Crippen molar-refractivity contribution >= 4 is 36.6 Å². The van der Waals surface area contributed by atoms with Crippen molar-refractivity contribution in [3.05, 3.63) is 9.66 Å². The summed E-state index contributed by atoms with van der Waals surface area (Å²) in [6, 6.07) is 0. The Bertz CT molecular complexity index is 320. The van der Waals surface area contributed by atoms with Crippen LogP contribution in [-0.2, 0) is 14.3 Å². The fraction of sp³-hybridized carbons (Fsp3) is 0.545. The van der Waals surface area contributed by atoms with Crippen LogP contribution < -0.4 is 0 Å². The van der Waals surface area contributed by atoms with E-state index in [0.717, 1.165) is 3.58 Å². The Labute approximate surface area is 112 Å². The largest absolute Gasteiger partial charge is 0.466 e. The van der Waals surface area contributed by atoms with Crippen LogP contribution in [0.3, 0.4) is 0 Å². The van der Waals surface area contributed by atoms with Gasteiger partial charge in [0.1, 0.15) is 14.7 Å². The smallest absolute Gasteiger partial charge is 0.331 e. The van der Waals surface area contributed by atoms with E-state index < -0.39 is 8.07 Å². The highest BCUT2D eigenvalue weighted by atomic mass is 127. The Morgan fingerprint density at radius 1 is 1.44 bits per heavy atom. The van der Waals surface area contributed by atoms with Gasteiger partial charge in [0.25, 0.3) is 0 Å². The fourth-order valence-electron chi connectivity index (χ4n) is 0.729. The molecule has 0 saturated carbocycles. The SMILES string of the molecule is COC(=O)/C=C(\I)COCC#C[Si](C)(C)C. The summed E-state index contributed by atoms with van der Waals surface area (Å²) < 4.78 is 10.6. The van der Waals surface area contributed by atoms with E-state index in [-0.39, 0.29) is 5.97 Å². The molecule has 3 nitrogen and oxygen atoms in total. The lowest BCUT2D eigenvalue weighted by molar-refractivity contribution is -0.134. The molecule has 0 aliphatic rings. The lowest BCUT2D eigenvalue weighted by Crippen LogP contribution is -2.16. The minimum absolute atomic E-state index is 0.360. The summed E-state index contributed by atoms with van der Waals surface area (Å²) >= 11 is 2.04. The summed E-state index contributed by atoms with van der Waals surface area (Å²) in [6.45, 7) is 7.35. The molecule has 0 saturated heterocycles. The molecule has 0 aromatic heterocycles. The summed E-state index contributed by atoms with van der Waals surface area (Å²) in [6.07, 6.45) is 1.41. The first-order valence-corrected chi connectivity index (χ1v) is 9.45. The van der Waals surface area contributed by atoms with Crippen molar-refractivity contribution in [3.8, 4) is 11.5 Å². The fourth-order valence-corrected chi connectivity index (χ4v) is 1.81. The number of rotatable bonds is 4. The van der Waals surface area contributed by atoms with E-state index in [1.54, 1.807) is 0 Å². The van der Waals surface area contributed by atoms with Crippen molar-refractivity contribution in [2.24, 2.45) is 0 Å². The highest BCUT2D eigenvalue weighted by molar-refractivity contribution is 14.1. The first kappa shape index (κ1) is 15.7. The third-order valence-corrected chi connectivity index (χ3v) is 2.90. The summed E-state index contributed by atoms with van der Waals surface area (Å²) in [4.78, 5) is 10.9. The monoisotopic (exact) mass is 352 g/mol. The molecule has 0 rings (SSSR count). The lowest BCUT2D eigenvalue weighted by atomic mass is 10.5. The predicted molar refractivity (Wildman–Crippen MR) is 76.1 cm³/mol. The average molecular weight is 352 g/mol. The van der Waals surface area contributed by atoms with Gasteiger partial charge in [0.2, 0.25) is 0 Å². The van der Waals surface area contributed by atoms with Gasteiger partial charge >= 0.3 is 5.97 Å². The van der Waals surface area contributed by atoms with Crippen LogP contribution in [0.5, 0.6) is 0 Å². The molecule has 0 aromatic rings. The van der Waals surface area contributed by atoms with Gasteiger partial charge in [0.15, 0.2) is 0 Å². The predicted octanol–water partition coefficient (Wildman–Crippen LogP) is 2.38. The summed E-state index contributed by atoms with van der Waals surface area (Å²) in [5, 5.41) is 0. The number of esters is 1. The molecule has 0 heterocycles. The summed E-state index contributed by atoms with van der Waals surface area (Å²) in [5.74, 6) is 2.63. The van der Waals surface area contributed by atoms with Crippen LogP contribution >= 0.6 is 22.6 Å². The van der Waals surface area contributed by atoms with E-state index in [1.807, 2.05) is 22.6 Å². The number of hydrogen-bond acceptors (Lipinski definition) is 3. The molecule has 90 valence electrons. The Hall–Kier alpha value is -0.323. The number of hydrogen-bond donors (Lipinski definition) is 0. The van der Waals surface area contributed by atoms with E-state index in [1.165, 1.54) is 13.2 Å². The average Bonchev–Trinajstić information content (AvgIpc) is 2.15. The number of halogens is 1. The van der Waals surface area contributed by atoms with E-state index >= 15 is 0 Å². The molecule has 16 heavy (non-hydrogen) atoms. The first-order valence-electron chi connectivity index (χ1n) is 4.87. The van der Waals surface area contributed by atoms with Crippen molar-refractivity contribution in [1.82, 2.24) is 0 Å². The zero-order valence-corrected chi connectivity index (χ0v) is 13.3. The standard InChI is InChI=1S/C11H17IO3Si/c1-14-11(13)8-10(12)9-15-6-5-7-16(2,3)4/h8H,6,9H2,1-4H3/b10-8-. The first-order chi connectivity index (χ1) is 7.35. The minimum Gasteiger partial charge on any atom is -0.466 e. The van der Waals surface area contributed by atoms with Crippen molar-refractivity contribution in [3.63, 3.8) is 0 Å². The van der Waals surface area contributed by atoms with Gasteiger partial charge in [-0.05, 0) is 22.6 Å². The van der Waals surface area contributed by atoms with Crippen LogP contribution in [-0.4, -0.2) is 34.4 Å². The second-order valence-electron chi connectivity index (χ2n) is 4.16. The Kier molecular flexibility index (Phi) is 7.71. The van der Waals surface area contributed by atoms with E-state index in [9.17, 15) is 4.79 Å². The zero-order valence-electron chi connectivity index (χ0n) is 10.1. The quantitative estimate of drug-likeness (QED) is 0.195. The van der Waals surface area contributed by atoms with Crippen molar-refractivity contribution in [2.45, 2.75) is 19.6 Å². The van der Waals surface area contributed by atoms with Crippen LogP contribution in [0.1, 0.15) is 0 Å². The van der Waals surface area contributed by atoms with Gasteiger partial charge in [-0.1, -0.05) is 25.6 Å². The topological polar surface area (TPSA) is 35.5 Å². The molecular formula is C11H17IO3Si. The molecular weight excluding hydrogens is 335 g/mol. The maximum absolute atomic E-state index is 10.9. The van der Waals surface area contributed by atoms with E-state index in [0.29, 0.717) is 13.2 Å². The molecule has 0 bridgehead atoms. The molecule has 0 unspecified atom stereocenters. The van der Waals surface area contributed by atoms with Crippen LogP contribution in [0, 0.1) is 11.5 Å². The van der Waals surface area contributed by atoms with Crippen LogP contribution in [0.4, 0.5) is 0 Å². The van der Waals surface area contributed by atoms with Gasteiger partial charge in [0, 0.05) is 9.66 Å². The highest BCUT2D eigenvalue weighted by Gasteiger charge is 2.06. The molecule has 0 radical (unpaired) electrons. The Morgan fingerprint density at radius 2 is 2.06 bits per heavy atom. The second kappa shape index (κ2) is 7.87. The van der Waals surface area contributed by atoms with Gasteiger partial charge in [-0.2, -0.15) is 0 Å². The zero-order chi connectivity index (χ0) is 12.6. The van der Waals surface area contributed by atoms with Gasteiger partial charge in [-0.15, -0.1) is 5.54 Å². The van der Waals surface area contributed by atoms with E-state index in [2.05, 4.69) is 35.8 Å². The number of carbonyl (C=O) groups is 1. The molecule has 0 aromatic carbocycles. The van der Waals surface area contributed by atoms with Gasteiger partial charge in [0.05, 0.1) is 13.7 Å². The van der Waals surface area contributed by atoms with Crippen LogP contribution in [0.25, 0.3) is 0 Å². The third-order valence-electron chi connectivity index (χ3n) is 1.35. The van der Waals surface area contributed by atoms with Gasteiger partial charge in [-0.25, -0.2) is 4.79 Å². The van der Waals surface area contributed by atoms with Crippen molar-refractivity contribution in [2.75, 3.05) is 20.3 Å². The van der Waals surface area contributed by atoms with E-state index in [4.69, 9.17) is 4.74 Å². The Morgan fingerprint density at radius 3 is 2.56 bits per heavy atom. The van der Waals surface area contributed by atoms with Crippen LogP contribution in [0.2, 0.25) is 19.6 Å². The third kappa shape index (κ3) is 10.2. The molecule has 0 fully saturated rings. The summed E-state index contributed by atoms with van der Waals surface area (Å²) in [5.41, 5.74) is 3.20. The van der Waals surface area contributed by atoms with Gasteiger partial charge < -0.3 is 9.47 Å². The van der Waals surface area contributed by atoms with Crippen molar-refractivity contribution in [1.29, 1.82) is 0 Å². The number of methoxy groups -OCH3 is 1. The summed E-state index contributed by atoms with van der Waals surface area (Å²) in [7, 11) is 0.0522. The molecule has 0 spiro atoms. The second-order valence-corrected chi connectivity index (χ2v) is 10.3. The molecule has 0 aliphatic carbocycles. The van der Waals surface area contributed by atoms with Gasteiger partial charge in [-0.3, -0.25) is 0 Å². The molecule has 0 aliphatic heterocycles. The molecule has 0 N–H and O–H groups in total. The van der Waals surface area contributed by atoms with Crippen LogP contribution in [0.15, 0.2) is 9.66 Å². The lowest BCUT2D eigenvalue weighted by Gasteiger charge is -2.03. The molecule has 0 atom stereocenters. The number of carbonyl (C=O) groups excluding carboxylic acids is 1. The maximum atomic E-state index is 10.9. The maximum Gasteiger partial charge on any atom is 0.331 e. The normalized spacial score (nSPS) is 11.7. The van der Waals surface area contributed by atoms with Crippen molar-refractivity contribution < 1.29 is 14.3 Å². The molecule has 5 heteroatoms. The molecule has 0 amide bonds. The Balaban J connectivity index is 3.86. The minimum atomic E-state index is -1.30. The highest BCUT2D eigenvalue weighted by Crippen LogP contribution is 2.06.